The molecule has 0 spiro atoms. The number of hydrogen-bond donors (Lipinski definition) is 2. The molecule has 0 fully saturated rings. The van der Waals surface area contributed by atoms with E-state index in [0.717, 1.165) is 40.8 Å². The van der Waals surface area contributed by atoms with Crippen molar-refractivity contribution < 1.29 is 32.0 Å². The molecule has 1 aliphatic rings. The van der Waals surface area contributed by atoms with Gasteiger partial charge >= 0.3 is 18.2 Å². The summed E-state index contributed by atoms with van der Waals surface area (Å²) in [4.78, 5) is 32.7. The number of benzene rings is 2. The van der Waals surface area contributed by atoms with Crippen LogP contribution in [0.15, 0.2) is 78.1 Å². The van der Waals surface area contributed by atoms with Crippen molar-refractivity contribution in [2.24, 2.45) is 5.73 Å². The number of alkyl halides is 3. The van der Waals surface area contributed by atoms with E-state index in [9.17, 15) is 28.0 Å². The second-order valence-electron chi connectivity index (χ2n) is 10.9. The van der Waals surface area contributed by atoms with E-state index in [-0.39, 0.29) is 17.0 Å². The number of quaternary nitrogens is 1. The zero-order valence-electron chi connectivity index (χ0n) is 24.5. The Morgan fingerprint density at radius 3 is 2.43 bits per heavy atom. The van der Waals surface area contributed by atoms with Crippen LogP contribution in [0.4, 0.5) is 23.7 Å². The number of pyridine rings is 1. The van der Waals surface area contributed by atoms with Crippen molar-refractivity contribution in [1.29, 1.82) is 10.7 Å². The van der Waals surface area contributed by atoms with E-state index in [4.69, 9.17) is 15.9 Å². The minimum atomic E-state index is -4.68. The number of hydrogen-bond acceptors (Lipinski definition) is 6. The van der Waals surface area contributed by atoms with Crippen molar-refractivity contribution in [2.75, 3.05) is 26.1 Å². The first-order chi connectivity index (χ1) is 20.7. The Morgan fingerprint density at radius 1 is 1.11 bits per heavy atom. The molecule has 44 heavy (non-hydrogen) atoms. The minimum Gasteiger partial charge on any atom is -0.466 e. The topological polar surface area (TPSA) is 136 Å². The Balaban J connectivity index is 1.93. The quantitative estimate of drug-likeness (QED) is 0.285. The maximum atomic E-state index is 13.6. The summed E-state index contributed by atoms with van der Waals surface area (Å²) in [6.07, 6.45) is -3.00. The molecule has 0 saturated carbocycles. The molecular formula is C31H31F3N7O3+. The number of amides is 2. The average molecular weight is 607 g/mol. The molecule has 3 aromatic rings. The summed E-state index contributed by atoms with van der Waals surface area (Å²) < 4.78 is 46.2. The van der Waals surface area contributed by atoms with Gasteiger partial charge in [-0.3, -0.25) is 20.2 Å². The number of nitrogens with zero attached hydrogens (tertiary/aromatic N) is 5. The molecule has 228 valence electrons. The minimum absolute atomic E-state index is 0.0706. The lowest BCUT2D eigenvalue weighted by Crippen LogP contribution is -2.55. The molecule has 10 nitrogen and oxygen atoms in total. The number of allylic oxidation sites excluding steroid dienone is 1. The molecule has 1 aromatic heterocycles. The van der Waals surface area contributed by atoms with Crippen LogP contribution < -0.4 is 10.6 Å². The van der Waals surface area contributed by atoms with Crippen LogP contribution >= 0.6 is 0 Å². The number of anilines is 1. The highest BCUT2D eigenvalue weighted by atomic mass is 19.4. The van der Waals surface area contributed by atoms with Gasteiger partial charge in [0.05, 0.1) is 49.7 Å². The van der Waals surface area contributed by atoms with E-state index < -0.39 is 35.7 Å². The van der Waals surface area contributed by atoms with Crippen molar-refractivity contribution in [3.8, 4) is 6.07 Å². The summed E-state index contributed by atoms with van der Waals surface area (Å²) in [7, 11) is 5.03. The highest BCUT2D eigenvalue weighted by Crippen LogP contribution is 2.42. The van der Waals surface area contributed by atoms with Gasteiger partial charge in [0.15, 0.2) is 0 Å². The summed E-state index contributed by atoms with van der Waals surface area (Å²) >= 11 is 0. The summed E-state index contributed by atoms with van der Waals surface area (Å²) in [6, 6.07) is 14.2. The number of primary amides is 1. The summed E-state index contributed by atoms with van der Waals surface area (Å²) in [5.41, 5.74) is 6.79. The molecular weight excluding hydrogens is 575 g/mol. The first-order valence-electron chi connectivity index (χ1n) is 13.4. The number of carbonyl (C=O) groups excluding carboxylic acids is 2. The smallest absolute Gasteiger partial charge is 0.416 e. The van der Waals surface area contributed by atoms with Crippen LogP contribution in [0, 0.1) is 16.7 Å². The molecule has 1 atom stereocenters. The molecule has 2 aromatic carbocycles. The van der Waals surface area contributed by atoms with Gasteiger partial charge in [-0.2, -0.15) is 18.4 Å². The van der Waals surface area contributed by atoms with Gasteiger partial charge in [0.2, 0.25) is 5.96 Å². The zero-order chi connectivity index (χ0) is 32.4. The number of nitrogens with two attached hydrogens (primary N) is 1. The van der Waals surface area contributed by atoms with Crippen molar-refractivity contribution in [1.82, 2.24) is 9.88 Å². The number of nitrogens with one attached hydrogen (secondary N) is 1. The summed E-state index contributed by atoms with van der Waals surface area (Å²) in [6.45, 7) is 2.26. The van der Waals surface area contributed by atoms with E-state index in [1.165, 1.54) is 19.1 Å². The Hall–Kier alpha value is -5.22. The number of esters is 1. The standard InChI is InChI=1S/C31H30F3N7O3/c1-19-26(28(42)44-4)27(40(30(37)43)29(36)39(19)24-10-7-8-22(15-24)31(32,33)34)25-12-11-20(16-35)14-21(25)17-41(2,3)18-23-9-5-6-13-38-23/h5-15,27,36H,17-18H2,1-4H3,(H-,37,43)/p+1/t27-/m1/s1. The molecule has 3 N–H and O–H groups in total. The van der Waals surface area contributed by atoms with Crippen LogP contribution in [0.5, 0.6) is 0 Å². The summed E-state index contributed by atoms with van der Waals surface area (Å²) in [5, 5.41) is 18.7. The molecule has 4 rings (SSSR count). The molecule has 0 radical (unpaired) electrons. The Labute approximate surface area is 252 Å². The van der Waals surface area contributed by atoms with Gasteiger partial charge in [-0.15, -0.1) is 0 Å². The number of nitriles is 1. The van der Waals surface area contributed by atoms with Gasteiger partial charge in [0, 0.05) is 23.1 Å². The molecule has 13 heteroatoms. The average Bonchev–Trinajstić information content (AvgIpc) is 2.96. The molecule has 0 aliphatic carbocycles. The summed E-state index contributed by atoms with van der Waals surface area (Å²) in [5.74, 6) is -1.44. The third kappa shape index (κ3) is 6.40. The lowest BCUT2D eigenvalue weighted by molar-refractivity contribution is -0.917. The fraction of sp³-hybridized carbons (Fsp3) is 0.258. The van der Waals surface area contributed by atoms with Crippen LogP contribution in [0.3, 0.4) is 0 Å². The van der Waals surface area contributed by atoms with Crippen LogP contribution in [-0.4, -0.2) is 53.5 Å². The van der Waals surface area contributed by atoms with Gasteiger partial charge in [-0.05, 0) is 55.0 Å². The van der Waals surface area contributed by atoms with E-state index in [1.807, 2.05) is 26.2 Å². The fourth-order valence-corrected chi connectivity index (χ4v) is 5.40. The van der Waals surface area contributed by atoms with Gasteiger partial charge < -0.3 is 15.0 Å². The number of guanidine groups is 1. The number of aromatic nitrogens is 1. The number of halogens is 3. The molecule has 0 saturated heterocycles. The zero-order valence-corrected chi connectivity index (χ0v) is 24.5. The molecule has 2 heterocycles. The third-order valence-electron chi connectivity index (χ3n) is 7.25. The lowest BCUT2D eigenvalue weighted by Gasteiger charge is -2.43. The normalized spacial score (nSPS) is 15.7. The van der Waals surface area contributed by atoms with Crippen molar-refractivity contribution >= 4 is 23.6 Å². The van der Waals surface area contributed by atoms with Crippen LogP contribution in [0.25, 0.3) is 0 Å². The Morgan fingerprint density at radius 2 is 1.84 bits per heavy atom. The first-order valence-corrected chi connectivity index (χ1v) is 13.4. The van der Waals surface area contributed by atoms with Gasteiger partial charge in [-0.25, -0.2) is 9.59 Å². The maximum absolute atomic E-state index is 13.6. The van der Waals surface area contributed by atoms with Crippen molar-refractivity contribution in [2.45, 2.75) is 32.2 Å². The Bertz CT molecular complexity index is 1680. The third-order valence-corrected chi connectivity index (χ3v) is 7.25. The lowest BCUT2D eigenvalue weighted by atomic mass is 9.88. The number of urea groups is 1. The Kier molecular flexibility index (Phi) is 8.78. The van der Waals surface area contributed by atoms with Crippen molar-refractivity contribution in [3.05, 3.63) is 106 Å². The second-order valence-corrected chi connectivity index (χ2v) is 10.9. The largest absolute Gasteiger partial charge is 0.466 e. The van der Waals surface area contributed by atoms with Gasteiger partial charge in [0.25, 0.3) is 0 Å². The highest BCUT2D eigenvalue weighted by Gasteiger charge is 2.45. The van der Waals surface area contributed by atoms with Crippen LogP contribution in [0.1, 0.15) is 40.9 Å². The van der Waals surface area contributed by atoms with E-state index >= 15 is 0 Å². The number of ether oxygens (including phenoxy) is 1. The number of methoxy groups -OCH3 is 1. The monoisotopic (exact) mass is 606 g/mol. The van der Waals surface area contributed by atoms with Crippen LogP contribution in [-0.2, 0) is 28.8 Å². The predicted octanol–water partition coefficient (Wildman–Crippen LogP) is 5.07. The maximum Gasteiger partial charge on any atom is 0.416 e. The molecule has 0 unspecified atom stereocenters. The van der Waals surface area contributed by atoms with Crippen molar-refractivity contribution in [3.63, 3.8) is 0 Å². The molecule has 1 aliphatic heterocycles. The predicted molar refractivity (Wildman–Crippen MR) is 155 cm³/mol. The molecule has 0 bridgehead atoms. The number of rotatable bonds is 7. The number of carbonyl (C=O) groups is 2. The fourth-order valence-electron chi connectivity index (χ4n) is 5.40. The second kappa shape index (κ2) is 12.2. The first kappa shape index (κ1) is 31.7. The SMILES string of the molecule is COC(=O)C1=C(C)N(c2cccc(C(F)(F)F)c2)C(=N)N(C(N)=O)[C@@H]1c1ccc(C#N)cc1C[N+](C)(C)Cc1ccccn1. The molecule has 2 amide bonds. The van der Waals surface area contributed by atoms with Gasteiger partial charge in [-0.1, -0.05) is 18.2 Å². The van der Waals surface area contributed by atoms with Crippen LogP contribution in [0.2, 0.25) is 0 Å². The highest BCUT2D eigenvalue weighted by molar-refractivity contribution is 6.10. The van der Waals surface area contributed by atoms with E-state index in [2.05, 4.69) is 11.1 Å². The van der Waals surface area contributed by atoms with Gasteiger partial charge in [0.1, 0.15) is 19.1 Å². The van der Waals surface area contributed by atoms with E-state index in [0.29, 0.717) is 34.3 Å². The van der Waals surface area contributed by atoms with E-state index in [1.54, 1.807) is 24.4 Å².